The highest BCUT2D eigenvalue weighted by Gasteiger charge is 2.52. The average Bonchev–Trinajstić information content (AvgIpc) is 3.50. The molecule has 0 bridgehead atoms. The van der Waals surface area contributed by atoms with E-state index in [-0.39, 0.29) is 5.91 Å². The first kappa shape index (κ1) is 19.7. The molecule has 2 aliphatic rings. The van der Waals surface area contributed by atoms with Crippen molar-refractivity contribution >= 4 is 34.5 Å². The normalized spacial score (nSPS) is 17.2. The second-order valence-corrected chi connectivity index (χ2v) is 8.76. The number of carbonyl (C=O) groups excluding carboxylic acids is 1. The van der Waals surface area contributed by atoms with E-state index in [2.05, 4.69) is 36.5 Å². The van der Waals surface area contributed by atoms with Gasteiger partial charge in [-0.3, -0.25) is 9.48 Å². The fraction of sp³-hybridized carbons (Fsp3) is 0.292. The van der Waals surface area contributed by atoms with Crippen molar-refractivity contribution in [2.75, 3.05) is 29.9 Å². The number of likely N-dealkylation sites (N-methyl/N-ethyl adjacent to an activating group) is 1. The highest BCUT2D eigenvalue weighted by Crippen LogP contribution is 2.51. The second kappa shape index (κ2) is 6.99. The van der Waals surface area contributed by atoms with Gasteiger partial charge >= 0.3 is 0 Å². The number of aromatic nitrogens is 6. The number of nitrogens with one attached hydrogen (secondary N) is 1. The topological polar surface area (TPSA) is 95.8 Å². The number of amides is 1. The van der Waals surface area contributed by atoms with E-state index in [0.29, 0.717) is 12.8 Å². The van der Waals surface area contributed by atoms with Gasteiger partial charge in [-0.15, -0.1) is 0 Å². The van der Waals surface area contributed by atoms with E-state index in [9.17, 15) is 4.79 Å². The molecule has 1 spiro atoms. The van der Waals surface area contributed by atoms with Gasteiger partial charge in [0.2, 0.25) is 5.91 Å². The molecule has 166 valence electrons. The molecule has 0 saturated carbocycles. The molecule has 1 fully saturated rings. The van der Waals surface area contributed by atoms with Gasteiger partial charge in [0.15, 0.2) is 0 Å². The Morgan fingerprint density at radius 1 is 1.18 bits per heavy atom. The van der Waals surface area contributed by atoms with E-state index in [4.69, 9.17) is 0 Å². The molecule has 6 rings (SSSR count). The SMILES string of the molecule is C=Cc1c(-c2cnn(C)c2)[nH]c2ncc3c(c12)C1(CCN(c2ccncn2)CC1)C(=O)N3C. The second-order valence-electron chi connectivity index (χ2n) is 8.76. The molecule has 1 N–H and O–H groups in total. The highest BCUT2D eigenvalue weighted by molar-refractivity contribution is 6.14. The van der Waals surface area contributed by atoms with Crippen LogP contribution in [0.4, 0.5) is 11.5 Å². The molecule has 0 aromatic carbocycles. The maximum Gasteiger partial charge on any atom is 0.237 e. The van der Waals surface area contributed by atoms with E-state index in [0.717, 1.165) is 58.0 Å². The van der Waals surface area contributed by atoms with Gasteiger partial charge in [0.25, 0.3) is 0 Å². The highest BCUT2D eigenvalue weighted by atomic mass is 16.2. The molecule has 1 amide bonds. The van der Waals surface area contributed by atoms with E-state index < -0.39 is 5.41 Å². The number of piperidine rings is 1. The van der Waals surface area contributed by atoms with Gasteiger partial charge in [0.1, 0.15) is 17.8 Å². The zero-order chi connectivity index (χ0) is 22.7. The summed E-state index contributed by atoms with van der Waals surface area (Å²) in [6, 6.07) is 1.92. The molecule has 9 nitrogen and oxygen atoms in total. The molecule has 0 radical (unpaired) electrons. The summed E-state index contributed by atoms with van der Waals surface area (Å²) in [6.45, 7) is 5.58. The number of carbonyl (C=O) groups is 1. The van der Waals surface area contributed by atoms with Crippen molar-refractivity contribution in [3.63, 3.8) is 0 Å². The van der Waals surface area contributed by atoms with Gasteiger partial charge < -0.3 is 14.8 Å². The number of fused-ring (bicyclic) bond motifs is 4. The Hall–Kier alpha value is -4.01. The van der Waals surface area contributed by atoms with Crippen LogP contribution in [0.15, 0.2) is 43.8 Å². The molecular formula is C24H24N8O. The fourth-order valence-electron chi connectivity index (χ4n) is 5.48. The first-order valence-electron chi connectivity index (χ1n) is 11.0. The van der Waals surface area contributed by atoms with Crippen molar-refractivity contribution in [3.8, 4) is 11.3 Å². The first-order chi connectivity index (χ1) is 16.0. The lowest BCUT2D eigenvalue weighted by Gasteiger charge is -2.39. The number of aryl methyl sites for hydroxylation is 1. The van der Waals surface area contributed by atoms with Crippen LogP contribution in [0.5, 0.6) is 0 Å². The van der Waals surface area contributed by atoms with Crippen molar-refractivity contribution in [3.05, 3.63) is 54.9 Å². The average molecular weight is 441 g/mol. The van der Waals surface area contributed by atoms with Crippen molar-refractivity contribution in [2.24, 2.45) is 7.05 Å². The van der Waals surface area contributed by atoms with E-state index in [1.807, 2.05) is 44.8 Å². The zero-order valence-electron chi connectivity index (χ0n) is 18.6. The third kappa shape index (κ3) is 2.68. The first-order valence-corrected chi connectivity index (χ1v) is 11.0. The lowest BCUT2D eigenvalue weighted by atomic mass is 9.72. The summed E-state index contributed by atoms with van der Waals surface area (Å²) in [5.74, 6) is 1.03. The number of H-pyrrole nitrogens is 1. The van der Waals surface area contributed by atoms with Gasteiger partial charge in [0.05, 0.1) is 29.2 Å². The number of nitrogens with zero attached hydrogens (tertiary/aromatic N) is 7. The maximum absolute atomic E-state index is 13.7. The van der Waals surface area contributed by atoms with E-state index in [1.165, 1.54) is 0 Å². The van der Waals surface area contributed by atoms with Crippen LogP contribution < -0.4 is 9.80 Å². The van der Waals surface area contributed by atoms with Crippen LogP contribution in [0.3, 0.4) is 0 Å². The number of aromatic amines is 1. The molecule has 1 saturated heterocycles. The van der Waals surface area contributed by atoms with Gasteiger partial charge in [-0.25, -0.2) is 15.0 Å². The molecule has 0 atom stereocenters. The van der Waals surface area contributed by atoms with Gasteiger partial charge in [-0.05, 0) is 18.9 Å². The maximum atomic E-state index is 13.7. The quantitative estimate of drug-likeness (QED) is 0.526. The van der Waals surface area contributed by atoms with Crippen LogP contribution in [0.1, 0.15) is 24.0 Å². The van der Waals surface area contributed by atoms with Crippen LogP contribution >= 0.6 is 0 Å². The van der Waals surface area contributed by atoms with Gasteiger partial charge in [0, 0.05) is 61.7 Å². The van der Waals surface area contributed by atoms with Gasteiger partial charge in [-0.2, -0.15) is 5.10 Å². The summed E-state index contributed by atoms with van der Waals surface area (Å²) in [5, 5.41) is 5.30. The molecule has 6 heterocycles. The Bertz CT molecular complexity index is 1390. The number of hydrogen-bond acceptors (Lipinski definition) is 6. The third-order valence-corrected chi connectivity index (χ3v) is 7.10. The van der Waals surface area contributed by atoms with Crippen LogP contribution in [0.25, 0.3) is 28.4 Å². The third-order valence-electron chi connectivity index (χ3n) is 7.10. The fourth-order valence-corrected chi connectivity index (χ4v) is 5.48. The largest absolute Gasteiger partial charge is 0.356 e. The number of pyridine rings is 1. The zero-order valence-corrected chi connectivity index (χ0v) is 18.6. The van der Waals surface area contributed by atoms with Crippen LogP contribution in [-0.4, -0.2) is 55.8 Å². The molecular weight excluding hydrogens is 416 g/mol. The van der Waals surface area contributed by atoms with E-state index >= 15 is 0 Å². The van der Waals surface area contributed by atoms with Crippen LogP contribution in [0.2, 0.25) is 0 Å². The molecule has 4 aromatic rings. The molecule has 0 aliphatic carbocycles. The minimum Gasteiger partial charge on any atom is -0.356 e. The molecule has 4 aromatic heterocycles. The summed E-state index contributed by atoms with van der Waals surface area (Å²) in [6.07, 6.45) is 12.2. The Morgan fingerprint density at radius 2 is 2.00 bits per heavy atom. The Kier molecular flexibility index (Phi) is 4.17. The standard InChI is InChI=1S/C24H24N8O/c1-4-16-19-20-17(12-26-22(19)29-21(16)15-11-28-30(2)13-15)31(3)23(33)24(20)6-9-32(10-7-24)18-5-8-25-14-27-18/h4-5,8,11-14H,1,6-7,9-10H2,2-3H3,(H,26,29). The van der Waals surface area contributed by atoms with Crippen molar-refractivity contribution in [1.29, 1.82) is 0 Å². The summed E-state index contributed by atoms with van der Waals surface area (Å²) in [4.78, 5) is 34.3. The Labute approximate surface area is 190 Å². The predicted octanol–water partition coefficient (Wildman–Crippen LogP) is 2.91. The monoisotopic (exact) mass is 440 g/mol. The van der Waals surface area contributed by atoms with Crippen LogP contribution in [-0.2, 0) is 17.3 Å². The Morgan fingerprint density at radius 3 is 2.67 bits per heavy atom. The predicted molar refractivity (Wildman–Crippen MR) is 127 cm³/mol. The lowest BCUT2D eigenvalue weighted by Crippen LogP contribution is -2.48. The summed E-state index contributed by atoms with van der Waals surface area (Å²) >= 11 is 0. The number of hydrogen-bond donors (Lipinski definition) is 1. The summed E-state index contributed by atoms with van der Waals surface area (Å²) in [5.41, 5.74) is 4.95. The van der Waals surface area contributed by atoms with Crippen molar-refractivity contribution < 1.29 is 4.79 Å². The minimum atomic E-state index is -0.596. The van der Waals surface area contributed by atoms with Crippen molar-refractivity contribution in [1.82, 2.24) is 29.7 Å². The number of anilines is 2. The van der Waals surface area contributed by atoms with Crippen LogP contribution in [0, 0.1) is 0 Å². The summed E-state index contributed by atoms with van der Waals surface area (Å²) in [7, 11) is 3.74. The number of rotatable bonds is 3. The molecule has 33 heavy (non-hydrogen) atoms. The molecule has 2 aliphatic heterocycles. The smallest absolute Gasteiger partial charge is 0.237 e. The molecule has 0 unspecified atom stereocenters. The molecule has 9 heteroatoms. The van der Waals surface area contributed by atoms with Gasteiger partial charge in [-0.1, -0.05) is 12.7 Å². The lowest BCUT2D eigenvalue weighted by molar-refractivity contribution is -0.123. The Balaban J connectivity index is 1.51. The minimum absolute atomic E-state index is 0.133. The summed E-state index contributed by atoms with van der Waals surface area (Å²) < 4.78 is 1.77. The van der Waals surface area contributed by atoms with E-state index in [1.54, 1.807) is 22.1 Å². The van der Waals surface area contributed by atoms with Crippen molar-refractivity contribution in [2.45, 2.75) is 18.3 Å².